The molecule has 0 aliphatic heterocycles. The van der Waals surface area contributed by atoms with E-state index in [-0.39, 0.29) is 31.4 Å². The van der Waals surface area contributed by atoms with Gasteiger partial charge in [0, 0.05) is 13.1 Å². The van der Waals surface area contributed by atoms with Crippen molar-refractivity contribution in [3.63, 3.8) is 0 Å². The van der Waals surface area contributed by atoms with Gasteiger partial charge in [-0.15, -0.1) is 0 Å². The van der Waals surface area contributed by atoms with E-state index in [0.717, 1.165) is 12.8 Å². The van der Waals surface area contributed by atoms with Crippen molar-refractivity contribution in [3.8, 4) is 0 Å². The predicted molar refractivity (Wildman–Crippen MR) is 127 cm³/mol. The van der Waals surface area contributed by atoms with Gasteiger partial charge in [-0.3, -0.25) is 14.5 Å². The molecule has 0 spiro atoms. The highest BCUT2D eigenvalue weighted by Crippen LogP contribution is 2.12. The first-order valence-corrected chi connectivity index (χ1v) is 12.7. The van der Waals surface area contributed by atoms with Gasteiger partial charge < -0.3 is 19.7 Å². The Morgan fingerprint density at radius 1 is 0.812 bits per heavy atom. The lowest BCUT2D eigenvalue weighted by atomic mass is 10.1. The van der Waals surface area contributed by atoms with Crippen LogP contribution in [0, 0.1) is 0 Å². The van der Waals surface area contributed by atoms with Gasteiger partial charge in [0.2, 0.25) is 0 Å². The molecule has 2 N–H and O–H groups in total. The summed E-state index contributed by atoms with van der Waals surface area (Å²) in [4.78, 5) is 25.2. The van der Waals surface area contributed by atoms with E-state index >= 15 is 0 Å². The predicted octanol–water partition coefficient (Wildman–Crippen LogP) is 4.23. The SMILES string of the molecule is CCCCCCCCCCCCCCOC(=O)CCN(CCC(=O)OC)[C@@H](CO)[C@H](C)O. The maximum absolute atomic E-state index is 12.1. The van der Waals surface area contributed by atoms with Gasteiger partial charge in [-0.25, -0.2) is 0 Å². The Labute approximate surface area is 195 Å². The number of nitrogens with zero attached hydrogens (tertiary/aromatic N) is 1. The van der Waals surface area contributed by atoms with Gasteiger partial charge in [0.25, 0.3) is 0 Å². The smallest absolute Gasteiger partial charge is 0.307 e. The van der Waals surface area contributed by atoms with Crippen LogP contribution >= 0.6 is 0 Å². The van der Waals surface area contributed by atoms with E-state index in [0.29, 0.717) is 19.7 Å². The Morgan fingerprint density at radius 3 is 1.72 bits per heavy atom. The molecule has 190 valence electrons. The van der Waals surface area contributed by atoms with E-state index in [2.05, 4.69) is 11.7 Å². The average molecular weight is 460 g/mol. The van der Waals surface area contributed by atoms with E-state index in [1.807, 2.05) is 0 Å². The fourth-order valence-corrected chi connectivity index (χ4v) is 3.79. The zero-order valence-electron chi connectivity index (χ0n) is 20.9. The molecule has 7 nitrogen and oxygen atoms in total. The van der Waals surface area contributed by atoms with Crippen LogP contribution < -0.4 is 0 Å². The highest BCUT2D eigenvalue weighted by molar-refractivity contribution is 5.70. The van der Waals surface area contributed by atoms with Crippen LogP contribution in [0.4, 0.5) is 0 Å². The number of aliphatic hydroxyl groups is 2. The molecule has 0 amide bonds. The first kappa shape index (κ1) is 30.8. The summed E-state index contributed by atoms with van der Waals surface area (Å²) < 4.78 is 9.97. The van der Waals surface area contributed by atoms with Gasteiger partial charge in [0.1, 0.15) is 0 Å². The van der Waals surface area contributed by atoms with Crippen molar-refractivity contribution >= 4 is 11.9 Å². The van der Waals surface area contributed by atoms with E-state index in [9.17, 15) is 19.8 Å². The highest BCUT2D eigenvalue weighted by Gasteiger charge is 2.24. The minimum absolute atomic E-state index is 0.133. The number of methoxy groups -OCH3 is 1. The molecule has 0 saturated heterocycles. The molecule has 0 unspecified atom stereocenters. The first-order valence-electron chi connectivity index (χ1n) is 12.7. The third-order valence-corrected chi connectivity index (χ3v) is 5.91. The molecule has 2 atom stereocenters. The molecule has 0 fully saturated rings. The minimum atomic E-state index is -0.783. The quantitative estimate of drug-likeness (QED) is 0.185. The normalized spacial score (nSPS) is 13.2. The molecule has 0 aromatic heterocycles. The van der Waals surface area contributed by atoms with Crippen molar-refractivity contribution in [2.24, 2.45) is 0 Å². The summed E-state index contributed by atoms with van der Waals surface area (Å²) in [5.41, 5.74) is 0. The van der Waals surface area contributed by atoms with Crippen molar-refractivity contribution in [1.29, 1.82) is 0 Å². The molecule has 0 aliphatic carbocycles. The van der Waals surface area contributed by atoms with Gasteiger partial charge in [-0.05, 0) is 13.3 Å². The van der Waals surface area contributed by atoms with E-state index in [1.165, 1.54) is 71.3 Å². The topological polar surface area (TPSA) is 96.3 Å². The third kappa shape index (κ3) is 17.4. The van der Waals surface area contributed by atoms with Crippen molar-refractivity contribution in [1.82, 2.24) is 4.90 Å². The van der Waals surface area contributed by atoms with E-state index < -0.39 is 12.1 Å². The third-order valence-electron chi connectivity index (χ3n) is 5.91. The number of esters is 2. The number of carbonyl (C=O) groups excluding carboxylic acids is 2. The summed E-state index contributed by atoms with van der Waals surface area (Å²) in [6.45, 7) is 4.61. The van der Waals surface area contributed by atoms with Crippen LogP contribution in [0.1, 0.15) is 104 Å². The van der Waals surface area contributed by atoms with Crippen LogP contribution in [-0.2, 0) is 19.1 Å². The Hall–Kier alpha value is -1.18. The molecule has 0 saturated carbocycles. The maximum atomic E-state index is 12.1. The zero-order valence-corrected chi connectivity index (χ0v) is 20.9. The largest absolute Gasteiger partial charge is 0.469 e. The van der Waals surface area contributed by atoms with Crippen LogP contribution in [0.3, 0.4) is 0 Å². The lowest BCUT2D eigenvalue weighted by Gasteiger charge is -2.31. The summed E-state index contributed by atoms with van der Waals surface area (Å²) >= 11 is 0. The summed E-state index contributed by atoms with van der Waals surface area (Å²) in [6.07, 6.45) is 14.7. The number of hydrogen-bond donors (Lipinski definition) is 2. The Balaban J connectivity index is 3.86. The van der Waals surface area contributed by atoms with Crippen LogP contribution in [0.5, 0.6) is 0 Å². The average Bonchev–Trinajstić information content (AvgIpc) is 2.78. The van der Waals surface area contributed by atoms with Crippen LogP contribution in [0.2, 0.25) is 0 Å². The Morgan fingerprint density at radius 2 is 1.28 bits per heavy atom. The van der Waals surface area contributed by atoms with Gasteiger partial charge in [0.15, 0.2) is 0 Å². The highest BCUT2D eigenvalue weighted by atomic mass is 16.5. The molecular formula is C25H49NO6. The fourth-order valence-electron chi connectivity index (χ4n) is 3.79. The molecule has 32 heavy (non-hydrogen) atoms. The monoisotopic (exact) mass is 459 g/mol. The van der Waals surface area contributed by atoms with Crippen molar-refractivity contribution < 1.29 is 29.3 Å². The molecule has 0 aromatic rings. The fraction of sp³-hybridized carbons (Fsp3) is 0.920. The lowest BCUT2D eigenvalue weighted by molar-refractivity contribution is -0.144. The second-order valence-corrected chi connectivity index (χ2v) is 8.71. The number of unbranched alkanes of at least 4 members (excludes halogenated alkanes) is 11. The Bertz CT molecular complexity index is 458. The molecule has 0 radical (unpaired) electrons. The molecule has 0 rings (SSSR count). The standard InChI is InChI=1S/C25H49NO6/c1-4-5-6-7-8-9-10-11-12-13-14-15-20-32-25(30)17-19-26(18-16-24(29)31-3)23(21-27)22(2)28/h22-23,27-28H,4-21H2,1-3H3/t22-,23-/m0/s1. The molecule has 0 aromatic carbocycles. The number of carbonyl (C=O) groups is 2. The number of aliphatic hydroxyl groups excluding tert-OH is 2. The van der Waals surface area contributed by atoms with Crippen molar-refractivity contribution in [2.45, 2.75) is 116 Å². The van der Waals surface area contributed by atoms with Crippen molar-refractivity contribution in [2.75, 3.05) is 33.4 Å². The number of hydrogen-bond acceptors (Lipinski definition) is 7. The van der Waals surface area contributed by atoms with Gasteiger partial charge in [-0.2, -0.15) is 0 Å². The minimum Gasteiger partial charge on any atom is -0.469 e. The first-order chi connectivity index (χ1) is 15.5. The van der Waals surface area contributed by atoms with E-state index in [1.54, 1.807) is 11.8 Å². The summed E-state index contributed by atoms with van der Waals surface area (Å²) in [5.74, 6) is -0.662. The summed E-state index contributed by atoms with van der Waals surface area (Å²) in [6, 6.07) is -0.538. The molecule has 7 heteroatoms. The van der Waals surface area contributed by atoms with Gasteiger partial charge >= 0.3 is 11.9 Å². The van der Waals surface area contributed by atoms with Crippen molar-refractivity contribution in [3.05, 3.63) is 0 Å². The van der Waals surface area contributed by atoms with Crippen LogP contribution in [0.25, 0.3) is 0 Å². The second-order valence-electron chi connectivity index (χ2n) is 8.71. The zero-order chi connectivity index (χ0) is 24.0. The maximum Gasteiger partial charge on any atom is 0.307 e. The lowest BCUT2D eigenvalue weighted by Crippen LogP contribution is -2.46. The van der Waals surface area contributed by atoms with Gasteiger partial charge in [0.05, 0.1) is 45.3 Å². The summed E-state index contributed by atoms with van der Waals surface area (Å²) in [5, 5.41) is 19.4. The number of rotatable bonds is 22. The van der Waals surface area contributed by atoms with Crippen LogP contribution in [-0.4, -0.2) is 72.6 Å². The van der Waals surface area contributed by atoms with E-state index in [4.69, 9.17) is 4.74 Å². The molecule has 0 aliphatic rings. The van der Waals surface area contributed by atoms with Gasteiger partial charge in [-0.1, -0.05) is 77.6 Å². The second kappa shape index (κ2) is 21.7. The molecule has 0 bridgehead atoms. The Kier molecular flexibility index (Phi) is 20.9. The van der Waals surface area contributed by atoms with Crippen LogP contribution in [0.15, 0.2) is 0 Å². The molecular weight excluding hydrogens is 410 g/mol. The summed E-state index contributed by atoms with van der Waals surface area (Å²) in [7, 11) is 1.32. The molecule has 0 heterocycles. The number of ether oxygens (including phenoxy) is 2.